The largest absolute Gasteiger partial charge is 0.417 e. The summed E-state index contributed by atoms with van der Waals surface area (Å²) in [6.45, 7) is 0. The second-order valence-corrected chi connectivity index (χ2v) is 4.08. The molecule has 0 saturated heterocycles. The van der Waals surface area contributed by atoms with Crippen molar-refractivity contribution in [1.29, 1.82) is 0 Å². The molecule has 0 atom stereocenters. The lowest BCUT2D eigenvalue weighted by Gasteiger charge is -2.10. The van der Waals surface area contributed by atoms with E-state index in [2.05, 4.69) is 26.1 Å². The molecular formula is C9H6BrF3N4. The fourth-order valence-corrected chi connectivity index (χ4v) is 1.73. The molecule has 4 nitrogen and oxygen atoms in total. The summed E-state index contributed by atoms with van der Waals surface area (Å²) >= 11 is 2.85. The van der Waals surface area contributed by atoms with E-state index in [0.29, 0.717) is 0 Å². The first-order chi connectivity index (χ1) is 7.88. The zero-order valence-corrected chi connectivity index (χ0v) is 9.83. The van der Waals surface area contributed by atoms with Gasteiger partial charge in [-0.1, -0.05) is 15.9 Å². The Labute approximate surface area is 102 Å². The molecule has 1 aromatic heterocycles. The molecular weight excluding hydrogens is 301 g/mol. The van der Waals surface area contributed by atoms with Crippen molar-refractivity contribution in [1.82, 2.24) is 15.0 Å². The summed E-state index contributed by atoms with van der Waals surface area (Å²) in [6, 6.07) is 3.69. The quantitative estimate of drug-likeness (QED) is 0.881. The lowest BCUT2D eigenvalue weighted by Crippen LogP contribution is -2.08. The predicted molar refractivity (Wildman–Crippen MR) is 58.5 cm³/mol. The standard InChI is InChI=1S/C9H6BrF3N4/c10-7-2-1-5(3-6(7)9(11,12)13)17-15-4-8(14)16-17/h1-4H,(H2,14,16). The molecule has 0 bridgehead atoms. The molecule has 2 rings (SSSR count). The monoisotopic (exact) mass is 306 g/mol. The van der Waals surface area contributed by atoms with Gasteiger partial charge in [-0.05, 0) is 18.2 Å². The zero-order chi connectivity index (χ0) is 12.6. The van der Waals surface area contributed by atoms with Gasteiger partial charge in [0, 0.05) is 4.47 Å². The van der Waals surface area contributed by atoms with Gasteiger partial charge in [-0.15, -0.1) is 9.90 Å². The summed E-state index contributed by atoms with van der Waals surface area (Å²) in [5.41, 5.74) is 4.75. The lowest BCUT2D eigenvalue weighted by molar-refractivity contribution is -0.138. The highest BCUT2D eigenvalue weighted by molar-refractivity contribution is 9.10. The normalized spacial score (nSPS) is 11.8. The van der Waals surface area contributed by atoms with E-state index in [4.69, 9.17) is 5.73 Å². The van der Waals surface area contributed by atoms with E-state index >= 15 is 0 Å². The number of hydrogen-bond donors (Lipinski definition) is 1. The number of rotatable bonds is 1. The van der Waals surface area contributed by atoms with Crippen LogP contribution in [-0.4, -0.2) is 15.0 Å². The number of nitrogen functional groups attached to an aromatic ring is 1. The predicted octanol–water partition coefficient (Wildman–Crippen LogP) is 2.63. The average molecular weight is 307 g/mol. The summed E-state index contributed by atoms with van der Waals surface area (Å²) in [7, 11) is 0. The molecule has 8 heteroatoms. The fraction of sp³-hybridized carbons (Fsp3) is 0.111. The molecule has 2 aromatic rings. The molecule has 0 amide bonds. The number of anilines is 1. The maximum absolute atomic E-state index is 12.6. The van der Waals surface area contributed by atoms with Crippen molar-refractivity contribution < 1.29 is 13.2 Å². The van der Waals surface area contributed by atoms with Crippen LogP contribution in [0.25, 0.3) is 5.69 Å². The van der Waals surface area contributed by atoms with Crippen LogP contribution in [0.3, 0.4) is 0 Å². The summed E-state index contributed by atoms with van der Waals surface area (Å²) < 4.78 is 37.9. The second-order valence-electron chi connectivity index (χ2n) is 3.22. The van der Waals surface area contributed by atoms with Crippen molar-refractivity contribution in [2.45, 2.75) is 6.18 Å². The molecule has 0 fully saturated rings. The van der Waals surface area contributed by atoms with Crippen molar-refractivity contribution >= 4 is 21.7 Å². The molecule has 0 saturated carbocycles. The maximum atomic E-state index is 12.6. The second kappa shape index (κ2) is 4.02. The van der Waals surface area contributed by atoms with E-state index < -0.39 is 11.7 Å². The van der Waals surface area contributed by atoms with Crippen LogP contribution in [0.2, 0.25) is 0 Å². The molecule has 0 radical (unpaired) electrons. The summed E-state index contributed by atoms with van der Waals surface area (Å²) in [6.07, 6.45) is -3.18. The van der Waals surface area contributed by atoms with Gasteiger partial charge in [0.2, 0.25) is 0 Å². The Bertz CT molecular complexity index is 549. The number of nitrogens with two attached hydrogens (primary N) is 1. The van der Waals surface area contributed by atoms with Crippen LogP contribution in [-0.2, 0) is 6.18 Å². The van der Waals surface area contributed by atoms with Crippen molar-refractivity contribution in [3.63, 3.8) is 0 Å². The van der Waals surface area contributed by atoms with E-state index in [1.807, 2.05) is 0 Å². The van der Waals surface area contributed by atoms with Crippen LogP contribution in [0.4, 0.5) is 19.0 Å². The van der Waals surface area contributed by atoms with Crippen molar-refractivity contribution in [3.8, 4) is 5.69 Å². The summed E-state index contributed by atoms with van der Waals surface area (Å²) in [5, 5.41) is 7.47. The number of nitrogens with zero attached hydrogens (tertiary/aromatic N) is 3. The first kappa shape index (κ1) is 11.9. The average Bonchev–Trinajstić information content (AvgIpc) is 2.64. The highest BCUT2D eigenvalue weighted by Crippen LogP contribution is 2.35. The first-order valence-corrected chi connectivity index (χ1v) is 5.22. The molecule has 90 valence electrons. The highest BCUT2D eigenvalue weighted by Gasteiger charge is 2.33. The number of hydrogen-bond acceptors (Lipinski definition) is 3. The molecule has 0 aliphatic heterocycles. The van der Waals surface area contributed by atoms with Gasteiger partial charge in [0.1, 0.15) is 0 Å². The first-order valence-electron chi connectivity index (χ1n) is 4.43. The third-order valence-corrected chi connectivity index (χ3v) is 2.69. The topological polar surface area (TPSA) is 56.7 Å². The van der Waals surface area contributed by atoms with E-state index in [9.17, 15) is 13.2 Å². The van der Waals surface area contributed by atoms with Gasteiger partial charge in [-0.2, -0.15) is 18.3 Å². The van der Waals surface area contributed by atoms with Gasteiger partial charge in [-0.25, -0.2) is 0 Å². The van der Waals surface area contributed by atoms with Gasteiger partial charge < -0.3 is 5.73 Å². The fourth-order valence-electron chi connectivity index (χ4n) is 1.25. The minimum Gasteiger partial charge on any atom is -0.381 e. The van der Waals surface area contributed by atoms with E-state index in [1.165, 1.54) is 18.3 Å². The van der Waals surface area contributed by atoms with E-state index in [-0.39, 0.29) is 16.0 Å². The smallest absolute Gasteiger partial charge is 0.381 e. The highest BCUT2D eigenvalue weighted by atomic mass is 79.9. The SMILES string of the molecule is Nc1cnn(-c2ccc(Br)c(C(F)(F)F)c2)n1. The minimum atomic E-state index is -4.44. The van der Waals surface area contributed by atoms with Crippen LogP contribution in [0.15, 0.2) is 28.9 Å². The third-order valence-electron chi connectivity index (χ3n) is 2.00. The molecule has 0 spiro atoms. The van der Waals surface area contributed by atoms with Gasteiger partial charge in [0.15, 0.2) is 5.82 Å². The number of benzene rings is 1. The molecule has 0 aliphatic rings. The Morgan fingerprint density at radius 2 is 2.00 bits per heavy atom. The Kier molecular flexibility index (Phi) is 2.82. The zero-order valence-electron chi connectivity index (χ0n) is 8.24. The molecule has 1 aromatic carbocycles. The Hall–Kier alpha value is -1.57. The Morgan fingerprint density at radius 1 is 1.29 bits per heavy atom. The number of halogens is 4. The Balaban J connectivity index is 2.51. The maximum Gasteiger partial charge on any atom is 0.417 e. The van der Waals surface area contributed by atoms with Crippen molar-refractivity contribution in [2.24, 2.45) is 0 Å². The van der Waals surface area contributed by atoms with Crippen LogP contribution >= 0.6 is 15.9 Å². The van der Waals surface area contributed by atoms with E-state index in [1.54, 1.807) is 0 Å². The molecule has 2 N–H and O–H groups in total. The lowest BCUT2D eigenvalue weighted by atomic mass is 10.2. The number of aromatic nitrogens is 3. The molecule has 0 unspecified atom stereocenters. The van der Waals surface area contributed by atoms with E-state index in [0.717, 1.165) is 10.9 Å². The van der Waals surface area contributed by atoms with Gasteiger partial charge >= 0.3 is 6.18 Å². The van der Waals surface area contributed by atoms with Crippen molar-refractivity contribution in [3.05, 3.63) is 34.4 Å². The molecule has 17 heavy (non-hydrogen) atoms. The van der Waals surface area contributed by atoms with Gasteiger partial charge in [0.25, 0.3) is 0 Å². The van der Waals surface area contributed by atoms with Crippen LogP contribution in [0.5, 0.6) is 0 Å². The van der Waals surface area contributed by atoms with Crippen LogP contribution < -0.4 is 5.73 Å². The summed E-state index contributed by atoms with van der Waals surface area (Å²) in [4.78, 5) is 1.04. The minimum absolute atomic E-state index is 0.0334. The number of alkyl halides is 3. The van der Waals surface area contributed by atoms with Gasteiger partial charge in [0.05, 0.1) is 17.4 Å². The van der Waals surface area contributed by atoms with Crippen LogP contribution in [0, 0.1) is 0 Å². The summed E-state index contributed by atoms with van der Waals surface area (Å²) in [5.74, 6) is 0.140. The molecule has 0 aliphatic carbocycles. The van der Waals surface area contributed by atoms with Crippen molar-refractivity contribution in [2.75, 3.05) is 5.73 Å². The molecule has 1 heterocycles. The Morgan fingerprint density at radius 3 is 2.53 bits per heavy atom. The van der Waals surface area contributed by atoms with Gasteiger partial charge in [-0.3, -0.25) is 0 Å². The third kappa shape index (κ3) is 2.41. The van der Waals surface area contributed by atoms with Crippen LogP contribution in [0.1, 0.15) is 5.56 Å².